The molecule has 0 nitrogen and oxygen atoms in total. The van der Waals surface area contributed by atoms with Crippen molar-refractivity contribution in [2.45, 2.75) is 67.7 Å². The Morgan fingerprint density at radius 1 is 0.969 bits per heavy atom. The molecular weight excluding hydrogens is 384 g/mol. The van der Waals surface area contributed by atoms with Crippen molar-refractivity contribution in [1.82, 2.24) is 0 Å². The van der Waals surface area contributed by atoms with Crippen LogP contribution in [0.2, 0.25) is 0 Å². The number of rotatable bonds is 11. The highest BCUT2D eigenvalue weighted by Crippen LogP contribution is 2.33. The van der Waals surface area contributed by atoms with Gasteiger partial charge in [0.05, 0.1) is 0 Å². The molecular formula is C32H44. The number of hydrogen-bond acceptors (Lipinski definition) is 0. The van der Waals surface area contributed by atoms with Crippen LogP contribution in [0.4, 0.5) is 0 Å². The van der Waals surface area contributed by atoms with Crippen LogP contribution in [0.25, 0.3) is 5.57 Å². The summed E-state index contributed by atoms with van der Waals surface area (Å²) < 4.78 is 0. The molecule has 1 aromatic carbocycles. The Bertz CT molecular complexity index is 902. The lowest BCUT2D eigenvalue weighted by molar-refractivity contribution is 0.341. The quantitative estimate of drug-likeness (QED) is 0.243. The fourth-order valence-corrected chi connectivity index (χ4v) is 3.50. The molecule has 0 fully saturated rings. The lowest BCUT2D eigenvalue weighted by Crippen LogP contribution is -2.17. The molecule has 0 aliphatic heterocycles. The van der Waals surface area contributed by atoms with E-state index in [1.54, 1.807) is 0 Å². The van der Waals surface area contributed by atoms with E-state index < -0.39 is 0 Å². The van der Waals surface area contributed by atoms with E-state index >= 15 is 0 Å². The van der Waals surface area contributed by atoms with Gasteiger partial charge in [-0.1, -0.05) is 118 Å². The average Bonchev–Trinajstić information content (AvgIpc) is 2.72. The Hall–Kier alpha value is -2.60. The Kier molecular flexibility index (Phi) is 11.2. The van der Waals surface area contributed by atoms with Gasteiger partial charge in [-0.25, -0.2) is 0 Å². The summed E-state index contributed by atoms with van der Waals surface area (Å²) in [7, 11) is 0. The first-order valence-corrected chi connectivity index (χ1v) is 11.7. The van der Waals surface area contributed by atoms with Gasteiger partial charge in [0.25, 0.3) is 0 Å². The molecule has 1 aromatic rings. The Balaban J connectivity index is 3.03. The molecule has 0 aliphatic rings. The minimum absolute atomic E-state index is 0.0999. The van der Waals surface area contributed by atoms with Gasteiger partial charge in [0.1, 0.15) is 0 Å². The molecule has 0 heteroatoms. The Morgan fingerprint density at radius 2 is 1.59 bits per heavy atom. The van der Waals surface area contributed by atoms with Gasteiger partial charge >= 0.3 is 0 Å². The number of hydrogen-bond donors (Lipinski definition) is 0. The molecule has 0 N–H and O–H groups in total. The summed E-state index contributed by atoms with van der Waals surface area (Å²) >= 11 is 0. The molecule has 172 valence electrons. The molecule has 0 aliphatic carbocycles. The number of aryl methyl sites for hydroxylation is 1. The van der Waals surface area contributed by atoms with Crippen molar-refractivity contribution in [2.75, 3.05) is 0 Å². The van der Waals surface area contributed by atoms with Gasteiger partial charge in [0.15, 0.2) is 0 Å². The highest BCUT2D eigenvalue weighted by atomic mass is 14.3. The van der Waals surface area contributed by atoms with Crippen LogP contribution in [-0.4, -0.2) is 0 Å². The third kappa shape index (κ3) is 9.69. The van der Waals surface area contributed by atoms with Crippen molar-refractivity contribution in [2.24, 2.45) is 11.3 Å². The topological polar surface area (TPSA) is 0 Å². The summed E-state index contributed by atoms with van der Waals surface area (Å²) in [4.78, 5) is 0. The third-order valence-electron chi connectivity index (χ3n) is 5.80. The summed E-state index contributed by atoms with van der Waals surface area (Å²) in [6, 6.07) is 8.63. The second-order valence-electron chi connectivity index (χ2n) is 10.0. The largest absolute Gasteiger partial charge is 0.0985 e. The predicted molar refractivity (Wildman–Crippen MR) is 147 cm³/mol. The first-order chi connectivity index (χ1) is 15.0. The van der Waals surface area contributed by atoms with Crippen molar-refractivity contribution in [3.63, 3.8) is 0 Å². The minimum Gasteiger partial charge on any atom is -0.0985 e. The van der Waals surface area contributed by atoms with Crippen molar-refractivity contribution in [3.8, 4) is 0 Å². The number of benzene rings is 1. The third-order valence-corrected chi connectivity index (χ3v) is 5.80. The zero-order valence-corrected chi connectivity index (χ0v) is 21.6. The molecule has 0 bridgehead atoms. The summed E-state index contributed by atoms with van der Waals surface area (Å²) in [6.45, 7) is 28.2. The van der Waals surface area contributed by atoms with E-state index in [0.29, 0.717) is 0 Å². The second kappa shape index (κ2) is 13.1. The van der Waals surface area contributed by atoms with Crippen molar-refractivity contribution in [3.05, 3.63) is 114 Å². The van der Waals surface area contributed by atoms with Gasteiger partial charge in [-0.3, -0.25) is 0 Å². The standard InChI is InChI=1S/C32H44/c1-11-13-14-24(3)15-18-27(6)29(12-2)23-31(32(8,9)10)22-26(5)21-28(7)30-19-16-25(4)17-20-30/h11-14,16-17,19-20,22-23,31H,2,6-7,15,18,21H2,1,3-5,8-10H3/b13-11-,24-14+,26-22+,29-23+. The monoisotopic (exact) mass is 428 g/mol. The van der Waals surface area contributed by atoms with Crippen LogP contribution in [0.15, 0.2) is 103 Å². The van der Waals surface area contributed by atoms with Crippen molar-refractivity contribution < 1.29 is 0 Å². The summed E-state index contributed by atoms with van der Waals surface area (Å²) in [5, 5.41) is 0. The van der Waals surface area contributed by atoms with Gasteiger partial charge in [0, 0.05) is 5.92 Å². The Labute approximate surface area is 198 Å². The van der Waals surface area contributed by atoms with E-state index in [0.717, 1.165) is 36.0 Å². The highest BCUT2D eigenvalue weighted by molar-refractivity contribution is 5.65. The first-order valence-electron chi connectivity index (χ1n) is 11.7. The molecule has 1 unspecified atom stereocenters. The lowest BCUT2D eigenvalue weighted by Gasteiger charge is -2.27. The zero-order chi connectivity index (χ0) is 24.3. The van der Waals surface area contributed by atoms with Crippen LogP contribution in [-0.2, 0) is 0 Å². The maximum Gasteiger partial charge on any atom is 0.000690 e. The molecule has 0 aromatic heterocycles. The van der Waals surface area contributed by atoms with Crippen LogP contribution in [0, 0.1) is 18.3 Å². The SMILES string of the molecule is C=C/C(=C\C(/C=C(\C)CC(=C)c1ccc(C)cc1)C(C)(C)C)C(=C)CC/C(C)=C/C=C\C. The number of allylic oxidation sites excluding steroid dienone is 11. The summed E-state index contributed by atoms with van der Waals surface area (Å²) in [5.41, 5.74) is 8.76. The predicted octanol–water partition coefficient (Wildman–Crippen LogP) is 9.98. The van der Waals surface area contributed by atoms with E-state index in [1.165, 1.54) is 22.3 Å². The van der Waals surface area contributed by atoms with E-state index in [9.17, 15) is 0 Å². The van der Waals surface area contributed by atoms with Gasteiger partial charge in [-0.05, 0) is 74.7 Å². The van der Waals surface area contributed by atoms with Gasteiger partial charge in [0.2, 0.25) is 0 Å². The van der Waals surface area contributed by atoms with E-state index in [4.69, 9.17) is 0 Å². The fraction of sp³-hybridized carbons (Fsp3) is 0.375. The molecule has 0 spiro atoms. The van der Waals surface area contributed by atoms with Gasteiger partial charge in [-0.15, -0.1) is 0 Å². The molecule has 0 saturated heterocycles. The smallest absolute Gasteiger partial charge is 0.000690 e. The molecule has 0 saturated carbocycles. The maximum atomic E-state index is 4.37. The van der Waals surface area contributed by atoms with E-state index in [-0.39, 0.29) is 11.3 Å². The van der Waals surface area contributed by atoms with E-state index in [1.807, 2.05) is 13.0 Å². The Morgan fingerprint density at radius 3 is 2.12 bits per heavy atom. The van der Waals surface area contributed by atoms with Crippen LogP contribution >= 0.6 is 0 Å². The van der Waals surface area contributed by atoms with Crippen LogP contribution in [0.1, 0.15) is 71.9 Å². The first kappa shape index (κ1) is 27.4. The molecule has 1 atom stereocenters. The van der Waals surface area contributed by atoms with Crippen LogP contribution in [0.5, 0.6) is 0 Å². The summed E-state index contributed by atoms with van der Waals surface area (Å²) in [6.07, 6.45) is 15.9. The highest BCUT2D eigenvalue weighted by Gasteiger charge is 2.21. The maximum absolute atomic E-state index is 4.37. The van der Waals surface area contributed by atoms with Gasteiger partial charge in [-0.2, -0.15) is 0 Å². The lowest BCUT2D eigenvalue weighted by atomic mass is 9.77. The molecule has 0 heterocycles. The minimum atomic E-state index is 0.0999. The fourth-order valence-electron chi connectivity index (χ4n) is 3.50. The molecule has 0 radical (unpaired) electrons. The molecule has 32 heavy (non-hydrogen) atoms. The summed E-state index contributed by atoms with van der Waals surface area (Å²) in [5.74, 6) is 0.290. The van der Waals surface area contributed by atoms with E-state index in [2.05, 4.69) is 116 Å². The normalized spacial score (nSPS) is 14.5. The zero-order valence-electron chi connectivity index (χ0n) is 21.6. The molecule has 0 amide bonds. The van der Waals surface area contributed by atoms with Crippen molar-refractivity contribution in [1.29, 1.82) is 0 Å². The van der Waals surface area contributed by atoms with Crippen molar-refractivity contribution >= 4 is 5.57 Å². The van der Waals surface area contributed by atoms with Crippen LogP contribution in [0.3, 0.4) is 0 Å². The van der Waals surface area contributed by atoms with Crippen LogP contribution < -0.4 is 0 Å². The molecule has 1 rings (SSSR count). The average molecular weight is 429 g/mol. The second-order valence-corrected chi connectivity index (χ2v) is 10.0. The van der Waals surface area contributed by atoms with Gasteiger partial charge < -0.3 is 0 Å².